The topological polar surface area (TPSA) is 50.7 Å². The second-order valence-electron chi connectivity index (χ2n) is 4.71. The summed E-state index contributed by atoms with van der Waals surface area (Å²) >= 11 is 0. The van der Waals surface area contributed by atoms with Gasteiger partial charge in [0.2, 0.25) is 6.79 Å². The van der Waals surface area contributed by atoms with E-state index in [-0.39, 0.29) is 6.10 Å². The Morgan fingerprint density at radius 2 is 2.18 bits per heavy atom. The Kier molecular flexibility index (Phi) is 2.91. The molecule has 92 valence electrons. The molecule has 1 aromatic rings. The number of benzene rings is 1. The van der Waals surface area contributed by atoms with Gasteiger partial charge in [0.25, 0.3) is 0 Å². The van der Waals surface area contributed by atoms with Gasteiger partial charge in [-0.25, -0.2) is 0 Å². The summed E-state index contributed by atoms with van der Waals surface area (Å²) in [6, 6.07) is 6.01. The maximum atomic E-state index is 9.93. The van der Waals surface area contributed by atoms with E-state index in [0.29, 0.717) is 12.7 Å². The van der Waals surface area contributed by atoms with Crippen LogP contribution in [0, 0.1) is 5.92 Å². The van der Waals surface area contributed by atoms with Crippen LogP contribution in [0.5, 0.6) is 11.5 Å². The van der Waals surface area contributed by atoms with Gasteiger partial charge in [0.15, 0.2) is 11.5 Å². The summed E-state index contributed by atoms with van der Waals surface area (Å²) in [5, 5.41) is 13.2. The quantitative estimate of drug-likeness (QED) is 0.800. The zero-order valence-electron chi connectivity index (χ0n) is 9.69. The number of fused-ring (bicyclic) bond motifs is 1. The van der Waals surface area contributed by atoms with Crippen LogP contribution in [-0.4, -0.2) is 31.1 Å². The average molecular weight is 235 g/mol. The Labute approximate surface area is 101 Å². The highest BCUT2D eigenvalue weighted by atomic mass is 16.7. The molecular weight excluding hydrogens is 218 g/mol. The highest BCUT2D eigenvalue weighted by Crippen LogP contribution is 2.33. The van der Waals surface area contributed by atoms with Crippen LogP contribution in [-0.2, 0) is 6.42 Å². The molecule has 4 nitrogen and oxygen atoms in total. The van der Waals surface area contributed by atoms with Gasteiger partial charge in [-0.15, -0.1) is 0 Å². The average Bonchev–Trinajstić information content (AvgIpc) is 2.79. The highest BCUT2D eigenvalue weighted by Gasteiger charge is 2.23. The van der Waals surface area contributed by atoms with E-state index in [0.717, 1.165) is 37.4 Å². The summed E-state index contributed by atoms with van der Waals surface area (Å²) in [6.07, 6.45) is 1.53. The minimum absolute atomic E-state index is 0.193. The molecule has 0 spiro atoms. The van der Waals surface area contributed by atoms with Crippen molar-refractivity contribution in [2.45, 2.75) is 18.9 Å². The molecule has 2 heterocycles. The van der Waals surface area contributed by atoms with Crippen molar-refractivity contribution in [2.24, 2.45) is 5.92 Å². The van der Waals surface area contributed by atoms with Gasteiger partial charge in [0.05, 0.1) is 6.10 Å². The van der Waals surface area contributed by atoms with Crippen molar-refractivity contribution in [3.05, 3.63) is 23.8 Å². The van der Waals surface area contributed by atoms with Crippen molar-refractivity contribution in [1.29, 1.82) is 0 Å². The minimum atomic E-state index is -0.193. The van der Waals surface area contributed by atoms with Crippen LogP contribution >= 0.6 is 0 Å². The molecule has 1 aromatic carbocycles. The molecule has 0 saturated carbocycles. The van der Waals surface area contributed by atoms with Gasteiger partial charge in [0.1, 0.15) is 0 Å². The van der Waals surface area contributed by atoms with Crippen molar-refractivity contribution in [2.75, 3.05) is 19.9 Å². The van der Waals surface area contributed by atoms with Gasteiger partial charge in [-0.05, 0) is 37.1 Å². The number of ether oxygens (including phenoxy) is 2. The van der Waals surface area contributed by atoms with Gasteiger partial charge in [-0.3, -0.25) is 0 Å². The van der Waals surface area contributed by atoms with Gasteiger partial charge < -0.3 is 19.9 Å². The Morgan fingerprint density at radius 1 is 1.29 bits per heavy atom. The summed E-state index contributed by atoms with van der Waals surface area (Å²) in [4.78, 5) is 0. The van der Waals surface area contributed by atoms with Crippen molar-refractivity contribution in [3.8, 4) is 11.5 Å². The van der Waals surface area contributed by atoms with Crippen LogP contribution in [0.25, 0.3) is 0 Å². The lowest BCUT2D eigenvalue weighted by Gasteiger charge is -2.28. The number of hydrogen-bond donors (Lipinski definition) is 2. The summed E-state index contributed by atoms with van der Waals surface area (Å²) in [7, 11) is 0. The van der Waals surface area contributed by atoms with E-state index in [2.05, 4.69) is 11.4 Å². The van der Waals surface area contributed by atoms with E-state index >= 15 is 0 Å². The predicted molar refractivity (Wildman–Crippen MR) is 63.3 cm³/mol. The van der Waals surface area contributed by atoms with E-state index in [1.54, 1.807) is 0 Å². The lowest BCUT2D eigenvalue weighted by atomic mass is 9.90. The van der Waals surface area contributed by atoms with E-state index < -0.39 is 0 Å². The molecule has 2 atom stereocenters. The monoisotopic (exact) mass is 235 g/mol. The van der Waals surface area contributed by atoms with Crippen molar-refractivity contribution in [1.82, 2.24) is 5.32 Å². The Morgan fingerprint density at radius 3 is 3.06 bits per heavy atom. The fraction of sp³-hybridized carbons (Fsp3) is 0.538. The van der Waals surface area contributed by atoms with Crippen LogP contribution in [0.4, 0.5) is 0 Å². The first-order chi connectivity index (χ1) is 8.33. The molecule has 2 unspecified atom stereocenters. The lowest BCUT2D eigenvalue weighted by Crippen LogP contribution is -2.40. The molecule has 17 heavy (non-hydrogen) atoms. The maximum absolute atomic E-state index is 9.93. The number of nitrogens with one attached hydrogen (secondary N) is 1. The summed E-state index contributed by atoms with van der Waals surface area (Å²) in [5.74, 6) is 1.93. The fourth-order valence-corrected chi connectivity index (χ4v) is 2.49. The molecule has 0 aromatic heterocycles. The fourth-order valence-electron chi connectivity index (χ4n) is 2.49. The van der Waals surface area contributed by atoms with E-state index in [9.17, 15) is 5.11 Å². The number of piperidine rings is 1. The van der Waals surface area contributed by atoms with Crippen LogP contribution in [0.2, 0.25) is 0 Å². The molecule has 0 amide bonds. The minimum Gasteiger partial charge on any atom is -0.454 e. The third kappa shape index (κ3) is 2.23. The standard InChI is InChI=1S/C13H17NO3/c15-11-3-4-14-7-10(11)5-9-1-2-12-13(6-9)17-8-16-12/h1-2,6,10-11,14-15H,3-5,7-8H2. The molecule has 4 heteroatoms. The molecule has 2 N–H and O–H groups in total. The zero-order chi connectivity index (χ0) is 11.7. The molecule has 0 radical (unpaired) electrons. The Balaban J connectivity index is 1.72. The van der Waals surface area contributed by atoms with Gasteiger partial charge in [-0.1, -0.05) is 6.07 Å². The van der Waals surface area contributed by atoms with Gasteiger partial charge >= 0.3 is 0 Å². The molecule has 1 saturated heterocycles. The van der Waals surface area contributed by atoms with Crippen LogP contribution in [0.3, 0.4) is 0 Å². The van der Waals surface area contributed by atoms with Crippen LogP contribution < -0.4 is 14.8 Å². The van der Waals surface area contributed by atoms with E-state index in [4.69, 9.17) is 9.47 Å². The van der Waals surface area contributed by atoms with Crippen molar-refractivity contribution >= 4 is 0 Å². The molecule has 2 aliphatic heterocycles. The maximum Gasteiger partial charge on any atom is 0.231 e. The first kappa shape index (κ1) is 10.9. The number of aliphatic hydroxyl groups is 1. The van der Waals surface area contributed by atoms with Crippen LogP contribution in [0.15, 0.2) is 18.2 Å². The lowest BCUT2D eigenvalue weighted by molar-refractivity contribution is 0.0791. The van der Waals surface area contributed by atoms with E-state index in [1.807, 2.05) is 12.1 Å². The summed E-state index contributed by atoms with van der Waals surface area (Å²) < 4.78 is 10.6. The second kappa shape index (κ2) is 4.55. The van der Waals surface area contributed by atoms with Crippen molar-refractivity contribution in [3.63, 3.8) is 0 Å². The van der Waals surface area contributed by atoms with E-state index in [1.165, 1.54) is 5.56 Å². The summed E-state index contributed by atoms with van der Waals surface area (Å²) in [6.45, 7) is 2.11. The first-order valence-electron chi connectivity index (χ1n) is 6.10. The Hall–Kier alpha value is -1.26. The smallest absolute Gasteiger partial charge is 0.231 e. The summed E-state index contributed by atoms with van der Waals surface area (Å²) in [5.41, 5.74) is 1.20. The molecule has 1 fully saturated rings. The zero-order valence-corrected chi connectivity index (χ0v) is 9.69. The molecule has 0 aliphatic carbocycles. The number of hydrogen-bond acceptors (Lipinski definition) is 4. The Bertz CT molecular complexity index is 408. The largest absolute Gasteiger partial charge is 0.454 e. The molecule has 0 bridgehead atoms. The highest BCUT2D eigenvalue weighted by molar-refractivity contribution is 5.44. The third-order valence-corrected chi connectivity index (χ3v) is 3.50. The number of aliphatic hydroxyl groups excluding tert-OH is 1. The second-order valence-corrected chi connectivity index (χ2v) is 4.71. The third-order valence-electron chi connectivity index (χ3n) is 3.50. The number of rotatable bonds is 2. The molecule has 2 aliphatic rings. The SMILES string of the molecule is OC1CCNCC1Cc1ccc2c(c1)OCO2. The van der Waals surface area contributed by atoms with Crippen LogP contribution in [0.1, 0.15) is 12.0 Å². The molecule has 3 rings (SSSR count). The van der Waals surface area contributed by atoms with Crippen molar-refractivity contribution < 1.29 is 14.6 Å². The molecular formula is C13H17NO3. The van der Waals surface area contributed by atoms with Gasteiger partial charge in [-0.2, -0.15) is 0 Å². The predicted octanol–water partition coefficient (Wildman–Crippen LogP) is 0.928. The normalized spacial score (nSPS) is 27.1. The first-order valence-corrected chi connectivity index (χ1v) is 6.10. The van der Waals surface area contributed by atoms with Gasteiger partial charge in [0, 0.05) is 12.5 Å².